The standard InChI is InChI=1S/C10H10O4S/c1-15-5-8(11)6-3-2-4-7(9(6)12)10(13)14/h2-4,12H,5H2,1H3,(H,13,14). The maximum absolute atomic E-state index is 11.5. The van der Waals surface area contributed by atoms with Gasteiger partial charge in [-0.3, -0.25) is 4.79 Å². The molecule has 0 unspecified atom stereocenters. The van der Waals surface area contributed by atoms with Crippen molar-refractivity contribution in [3.8, 4) is 5.75 Å². The number of ketones is 1. The number of hydrogen-bond donors (Lipinski definition) is 2. The molecule has 0 bridgehead atoms. The lowest BCUT2D eigenvalue weighted by molar-refractivity contribution is 0.0693. The summed E-state index contributed by atoms with van der Waals surface area (Å²) < 4.78 is 0. The molecule has 0 radical (unpaired) electrons. The number of aromatic hydroxyl groups is 1. The maximum Gasteiger partial charge on any atom is 0.339 e. The van der Waals surface area contributed by atoms with Gasteiger partial charge in [0.05, 0.1) is 11.3 Å². The van der Waals surface area contributed by atoms with Crippen molar-refractivity contribution in [3.63, 3.8) is 0 Å². The molecule has 2 N–H and O–H groups in total. The van der Waals surface area contributed by atoms with Crippen molar-refractivity contribution < 1.29 is 19.8 Å². The zero-order chi connectivity index (χ0) is 11.4. The Morgan fingerprint density at radius 1 is 1.33 bits per heavy atom. The fourth-order valence-electron chi connectivity index (χ4n) is 1.15. The van der Waals surface area contributed by atoms with Crippen molar-refractivity contribution in [2.24, 2.45) is 0 Å². The summed E-state index contributed by atoms with van der Waals surface area (Å²) in [4.78, 5) is 22.1. The van der Waals surface area contributed by atoms with E-state index in [9.17, 15) is 14.7 Å². The third-order valence-corrected chi connectivity index (χ3v) is 2.39. The Morgan fingerprint density at radius 3 is 2.47 bits per heavy atom. The highest BCUT2D eigenvalue weighted by atomic mass is 32.2. The lowest BCUT2D eigenvalue weighted by atomic mass is 10.1. The van der Waals surface area contributed by atoms with Crippen LogP contribution in [0, 0.1) is 0 Å². The van der Waals surface area contributed by atoms with Crippen LogP contribution >= 0.6 is 11.8 Å². The van der Waals surface area contributed by atoms with Gasteiger partial charge in [0.2, 0.25) is 0 Å². The van der Waals surface area contributed by atoms with Crippen LogP contribution < -0.4 is 0 Å². The SMILES string of the molecule is CSCC(=O)c1cccc(C(=O)O)c1O. The normalized spacial score (nSPS) is 9.93. The second kappa shape index (κ2) is 4.84. The number of thioether (sulfide) groups is 1. The monoisotopic (exact) mass is 226 g/mol. The van der Waals surface area contributed by atoms with Gasteiger partial charge in [-0.2, -0.15) is 11.8 Å². The van der Waals surface area contributed by atoms with Gasteiger partial charge in [-0.1, -0.05) is 6.07 Å². The zero-order valence-corrected chi connectivity index (χ0v) is 8.87. The number of benzene rings is 1. The molecule has 0 saturated carbocycles. The van der Waals surface area contributed by atoms with Gasteiger partial charge in [0.1, 0.15) is 11.3 Å². The Morgan fingerprint density at radius 2 is 1.93 bits per heavy atom. The zero-order valence-electron chi connectivity index (χ0n) is 8.06. The van der Waals surface area contributed by atoms with Crippen LogP contribution in [0.15, 0.2) is 18.2 Å². The van der Waals surface area contributed by atoms with E-state index in [1.54, 1.807) is 6.26 Å². The molecule has 1 aromatic carbocycles. The number of carboxylic acid groups (broad SMARTS) is 1. The average Bonchev–Trinajstić information content (AvgIpc) is 2.17. The highest BCUT2D eigenvalue weighted by Gasteiger charge is 2.17. The fourth-order valence-corrected chi connectivity index (χ4v) is 1.57. The summed E-state index contributed by atoms with van der Waals surface area (Å²) in [7, 11) is 0. The molecule has 0 aliphatic carbocycles. The fraction of sp³-hybridized carbons (Fsp3) is 0.200. The molecule has 15 heavy (non-hydrogen) atoms. The molecule has 0 spiro atoms. The highest BCUT2D eigenvalue weighted by Crippen LogP contribution is 2.23. The van der Waals surface area contributed by atoms with Crippen molar-refractivity contribution in [2.75, 3.05) is 12.0 Å². The van der Waals surface area contributed by atoms with Gasteiger partial charge in [0.25, 0.3) is 0 Å². The van der Waals surface area contributed by atoms with Crippen LogP contribution in [0.5, 0.6) is 5.75 Å². The molecule has 80 valence electrons. The van der Waals surface area contributed by atoms with Gasteiger partial charge >= 0.3 is 5.97 Å². The number of carbonyl (C=O) groups is 2. The van der Waals surface area contributed by atoms with Gasteiger partial charge in [0.15, 0.2) is 5.78 Å². The van der Waals surface area contributed by atoms with Crippen LogP contribution in [-0.4, -0.2) is 34.0 Å². The molecule has 4 nitrogen and oxygen atoms in total. The lowest BCUT2D eigenvalue weighted by Crippen LogP contribution is -2.06. The van der Waals surface area contributed by atoms with Gasteiger partial charge in [0, 0.05) is 0 Å². The third-order valence-electron chi connectivity index (χ3n) is 1.84. The van der Waals surface area contributed by atoms with E-state index in [0.717, 1.165) is 0 Å². The van der Waals surface area contributed by atoms with Gasteiger partial charge in [-0.15, -0.1) is 0 Å². The van der Waals surface area contributed by atoms with Gasteiger partial charge < -0.3 is 10.2 Å². The first-order chi connectivity index (χ1) is 7.07. The van der Waals surface area contributed by atoms with Crippen molar-refractivity contribution >= 4 is 23.5 Å². The Hall–Kier alpha value is -1.49. The molecule has 1 aromatic rings. The summed E-state index contributed by atoms with van der Waals surface area (Å²) in [5, 5.41) is 18.3. The molecule has 0 fully saturated rings. The Balaban J connectivity index is 3.15. The Bertz CT molecular complexity index is 400. The van der Waals surface area contributed by atoms with E-state index < -0.39 is 11.7 Å². The van der Waals surface area contributed by atoms with E-state index >= 15 is 0 Å². The first kappa shape index (κ1) is 11.6. The minimum atomic E-state index is -1.24. The van der Waals surface area contributed by atoms with Crippen LogP contribution in [0.4, 0.5) is 0 Å². The summed E-state index contributed by atoms with van der Waals surface area (Å²) >= 11 is 1.32. The third kappa shape index (κ3) is 2.50. The second-order valence-electron chi connectivity index (χ2n) is 2.86. The molecule has 0 atom stereocenters. The summed E-state index contributed by atoms with van der Waals surface area (Å²) in [6.07, 6.45) is 1.76. The van der Waals surface area contributed by atoms with E-state index in [-0.39, 0.29) is 22.7 Å². The van der Waals surface area contributed by atoms with Crippen LogP contribution in [0.3, 0.4) is 0 Å². The van der Waals surface area contributed by atoms with Gasteiger partial charge in [-0.05, 0) is 18.4 Å². The Labute approximate surface area is 90.9 Å². The number of hydrogen-bond acceptors (Lipinski definition) is 4. The summed E-state index contributed by atoms with van der Waals surface area (Å²) in [5.41, 5.74) is -0.189. The van der Waals surface area contributed by atoms with Crippen molar-refractivity contribution in [3.05, 3.63) is 29.3 Å². The smallest absolute Gasteiger partial charge is 0.339 e. The number of carbonyl (C=O) groups excluding carboxylic acids is 1. The Kier molecular flexibility index (Phi) is 3.74. The largest absolute Gasteiger partial charge is 0.506 e. The lowest BCUT2D eigenvalue weighted by Gasteiger charge is -2.05. The van der Waals surface area contributed by atoms with Crippen LogP contribution in [0.25, 0.3) is 0 Å². The van der Waals surface area contributed by atoms with Crippen molar-refractivity contribution in [1.29, 1.82) is 0 Å². The van der Waals surface area contributed by atoms with E-state index in [1.807, 2.05) is 0 Å². The highest BCUT2D eigenvalue weighted by molar-refractivity contribution is 7.99. The second-order valence-corrected chi connectivity index (χ2v) is 3.73. The first-order valence-corrected chi connectivity index (χ1v) is 5.54. The molecule has 0 aliphatic rings. The molecular weight excluding hydrogens is 216 g/mol. The van der Waals surface area contributed by atoms with Gasteiger partial charge in [-0.25, -0.2) is 4.79 Å². The minimum Gasteiger partial charge on any atom is -0.506 e. The summed E-state index contributed by atoms with van der Waals surface area (Å²) in [6, 6.07) is 4.12. The molecule has 1 rings (SSSR count). The summed E-state index contributed by atoms with van der Waals surface area (Å²) in [5.74, 6) is -1.75. The number of phenols is 1. The molecule has 5 heteroatoms. The molecule has 0 saturated heterocycles. The van der Waals surface area contributed by atoms with Crippen LogP contribution in [0.2, 0.25) is 0 Å². The molecular formula is C10H10O4S. The van der Waals surface area contributed by atoms with Crippen molar-refractivity contribution in [2.45, 2.75) is 0 Å². The topological polar surface area (TPSA) is 74.6 Å². The van der Waals surface area contributed by atoms with E-state index in [4.69, 9.17) is 5.11 Å². The molecule has 0 aliphatic heterocycles. The predicted molar refractivity (Wildman–Crippen MR) is 57.8 cm³/mol. The van der Waals surface area contributed by atoms with Crippen LogP contribution in [-0.2, 0) is 0 Å². The van der Waals surface area contributed by atoms with E-state index in [0.29, 0.717) is 0 Å². The predicted octanol–water partition coefficient (Wildman–Crippen LogP) is 1.64. The molecule has 0 aromatic heterocycles. The first-order valence-electron chi connectivity index (χ1n) is 4.15. The minimum absolute atomic E-state index is 0.0595. The maximum atomic E-state index is 11.5. The molecule has 0 heterocycles. The quantitative estimate of drug-likeness (QED) is 0.763. The van der Waals surface area contributed by atoms with Crippen LogP contribution in [0.1, 0.15) is 20.7 Å². The van der Waals surface area contributed by atoms with E-state index in [2.05, 4.69) is 0 Å². The summed E-state index contributed by atoms with van der Waals surface area (Å²) in [6.45, 7) is 0. The number of para-hydroxylation sites is 1. The van der Waals surface area contributed by atoms with Crippen molar-refractivity contribution in [1.82, 2.24) is 0 Å². The number of aromatic carboxylic acids is 1. The number of carboxylic acids is 1. The average molecular weight is 226 g/mol. The van der Waals surface area contributed by atoms with E-state index in [1.165, 1.54) is 30.0 Å². The molecule has 0 amide bonds. The number of rotatable bonds is 4. The number of Topliss-reactive ketones (excluding diaryl/α,β-unsaturated/α-hetero) is 1.